The molecule has 0 unspecified atom stereocenters. The zero-order chi connectivity index (χ0) is 15.3. The summed E-state index contributed by atoms with van der Waals surface area (Å²) in [6.07, 6.45) is -2.43. The molecule has 19 heavy (non-hydrogen) atoms. The van der Waals surface area contributed by atoms with Crippen molar-refractivity contribution in [2.75, 3.05) is 18.6 Å². The Balaban J connectivity index is 4.58. The summed E-state index contributed by atoms with van der Waals surface area (Å²) in [5.41, 5.74) is 0. The molecule has 0 spiro atoms. The number of nitrogens with zero attached hydrogens (tertiary/aromatic N) is 1. The van der Waals surface area contributed by atoms with Gasteiger partial charge in [-0.2, -0.15) is 24.9 Å². The van der Waals surface area contributed by atoms with E-state index in [4.69, 9.17) is 4.43 Å². The van der Waals surface area contributed by atoms with Crippen LogP contribution in [0.15, 0.2) is 4.99 Å². The van der Waals surface area contributed by atoms with Crippen LogP contribution in [0.5, 0.6) is 0 Å². The van der Waals surface area contributed by atoms with E-state index in [1.807, 2.05) is 6.26 Å². The van der Waals surface area contributed by atoms with Crippen molar-refractivity contribution in [2.24, 2.45) is 4.99 Å². The minimum atomic E-state index is -4.35. The van der Waals surface area contributed by atoms with Gasteiger partial charge in [0.2, 0.25) is 0 Å². The van der Waals surface area contributed by atoms with E-state index in [1.54, 1.807) is 0 Å². The normalized spacial score (nSPS) is 16.1. The lowest BCUT2D eigenvalue weighted by Gasteiger charge is -2.36. The first-order chi connectivity index (χ1) is 8.39. The lowest BCUT2D eigenvalue weighted by molar-refractivity contribution is -0.0539. The molecule has 0 saturated carbocycles. The van der Waals surface area contributed by atoms with Crippen molar-refractivity contribution in [3.8, 4) is 0 Å². The molecule has 0 aromatic heterocycles. The smallest absolute Gasteiger partial charge is 0.415 e. The van der Waals surface area contributed by atoms with Gasteiger partial charge >= 0.3 is 6.18 Å². The molecule has 0 bridgehead atoms. The maximum absolute atomic E-state index is 12.1. The van der Waals surface area contributed by atoms with Gasteiger partial charge < -0.3 is 4.43 Å². The molecule has 7 heteroatoms. The van der Waals surface area contributed by atoms with Gasteiger partial charge in [0.05, 0.1) is 12.6 Å². The third-order valence-electron chi connectivity index (χ3n) is 3.23. The molecule has 0 amide bonds. The number of hydrogen-bond donors (Lipinski definition) is 0. The summed E-state index contributed by atoms with van der Waals surface area (Å²) < 4.78 is 42.3. The second-order valence-corrected chi connectivity index (χ2v) is 11.7. The summed E-state index contributed by atoms with van der Waals surface area (Å²) in [5, 5.41) is 0.0463. The number of halogens is 3. The number of aliphatic imine (C=N–C) groups is 1. The van der Waals surface area contributed by atoms with Crippen LogP contribution >= 0.6 is 11.8 Å². The van der Waals surface area contributed by atoms with Crippen molar-refractivity contribution in [2.45, 2.75) is 51.1 Å². The van der Waals surface area contributed by atoms with E-state index in [2.05, 4.69) is 38.9 Å². The van der Waals surface area contributed by atoms with Crippen LogP contribution in [0.4, 0.5) is 13.2 Å². The third kappa shape index (κ3) is 7.99. The van der Waals surface area contributed by atoms with Crippen LogP contribution in [-0.4, -0.2) is 45.4 Å². The maximum Gasteiger partial charge on any atom is 0.426 e. The van der Waals surface area contributed by atoms with Crippen molar-refractivity contribution >= 4 is 26.3 Å². The molecule has 0 N–H and O–H groups in total. The molecular formula is C12H24F3NOSSi. The average molecular weight is 315 g/mol. The monoisotopic (exact) mass is 315 g/mol. The molecule has 0 aliphatic carbocycles. The molecule has 0 saturated heterocycles. The Bertz CT molecular complexity index is 300. The van der Waals surface area contributed by atoms with E-state index < -0.39 is 20.5 Å². The quantitative estimate of drug-likeness (QED) is 0.536. The van der Waals surface area contributed by atoms with Gasteiger partial charge in [0.15, 0.2) is 8.32 Å². The molecule has 0 heterocycles. The fourth-order valence-corrected chi connectivity index (χ4v) is 2.65. The molecule has 0 aliphatic heterocycles. The molecule has 2 nitrogen and oxygen atoms in total. The Morgan fingerprint density at radius 2 is 1.79 bits per heavy atom. The van der Waals surface area contributed by atoms with Gasteiger partial charge in [-0.05, 0) is 24.4 Å². The Labute approximate surface area is 119 Å². The van der Waals surface area contributed by atoms with Gasteiger partial charge in [-0.25, -0.2) is 0 Å². The largest absolute Gasteiger partial charge is 0.426 e. The minimum absolute atomic E-state index is 0.0463. The lowest BCUT2D eigenvalue weighted by Crippen LogP contribution is -2.42. The number of alkyl halides is 3. The van der Waals surface area contributed by atoms with Gasteiger partial charge in [-0.1, -0.05) is 20.8 Å². The summed E-state index contributed by atoms with van der Waals surface area (Å²) in [7, 11) is -1.94. The Hall–Kier alpha value is -0.0131. The van der Waals surface area contributed by atoms with Gasteiger partial charge in [0, 0.05) is 5.75 Å². The third-order valence-corrected chi connectivity index (χ3v) is 8.45. The topological polar surface area (TPSA) is 21.6 Å². The molecule has 0 aromatic rings. The summed E-state index contributed by atoms with van der Waals surface area (Å²) in [6, 6.07) is -0.439. The van der Waals surface area contributed by atoms with E-state index >= 15 is 0 Å². The fourth-order valence-electron chi connectivity index (χ4n) is 1.04. The number of thioether (sulfide) groups is 1. The predicted molar refractivity (Wildman–Crippen MR) is 79.9 cm³/mol. The number of hydrogen-bond acceptors (Lipinski definition) is 3. The van der Waals surface area contributed by atoms with Crippen molar-refractivity contribution in [3.05, 3.63) is 0 Å². The summed E-state index contributed by atoms with van der Waals surface area (Å²) >= 11 is 1.47. The van der Waals surface area contributed by atoms with Crippen LogP contribution in [0.3, 0.4) is 0 Å². The van der Waals surface area contributed by atoms with Crippen molar-refractivity contribution in [1.82, 2.24) is 0 Å². The first kappa shape index (κ1) is 19.0. The van der Waals surface area contributed by atoms with Crippen molar-refractivity contribution in [1.29, 1.82) is 0 Å². The highest BCUT2D eigenvalue weighted by Crippen LogP contribution is 2.36. The van der Waals surface area contributed by atoms with E-state index in [9.17, 15) is 13.2 Å². The summed E-state index contributed by atoms with van der Waals surface area (Å²) in [4.78, 5) is 3.60. The molecule has 0 radical (unpaired) electrons. The lowest BCUT2D eigenvalue weighted by atomic mass is 10.2. The van der Waals surface area contributed by atoms with Crippen LogP contribution in [0.1, 0.15) is 20.8 Å². The molecule has 1 atom stereocenters. The fraction of sp³-hybridized carbons (Fsp3) is 0.917. The maximum atomic E-state index is 12.1. The van der Waals surface area contributed by atoms with E-state index in [0.29, 0.717) is 5.75 Å². The Morgan fingerprint density at radius 1 is 1.26 bits per heavy atom. The Kier molecular flexibility index (Phi) is 7.12. The molecular weight excluding hydrogens is 291 g/mol. The highest BCUT2D eigenvalue weighted by atomic mass is 32.2. The highest BCUT2D eigenvalue weighted by molar-refractivity contribution is 7.98. The molecule has 0 aliphatic rings. The summed E-state index contributed by atoms with van der Waals surface area (Å²) in [5.74, 6) is 0.529. The molecule has 0 fully saturated rings. The minimum Gasteiger partial charge on any atom is -0.415 e. The van der Waals surface area contributed by atoms with Gasteiger partial charge in [-0.15, -0.1) is 0 Å². The van der Waals surface area contributed by atoms with Crippen molar-refractivity contribution < 1.29 is 17.6 Å². The van der Waals surface area contributed by atoms with Gasteiger partial charge in [0.1, 0.15) is 6.21 Å². The van der Waals surface area contributed by atoms with Crippen LogP contribution in [0.25, 0.3) is 0 Å². The van der Waals surface area contributed by atoms with E-state index in [1.165, 1.54) is 11.8 Å². The number of rotatable bonds is 6. The second kappa shape index (κ2) is 7.13. The van der Waals surface area contributed by atoms with Crippen LogP contribution in [0.2, 0.25) is 18.1 Å². The van der Waals surface area contributed by atoms with Crippen LogP contribution < -0.4 is 0 Å². The first-order valence-electron chi connectivity index (χ1n) is 6.13. The molecule has 0 aromatic carbocycles. The van der Waals surface area contributed by atoms with Gasteiger partial charge in [-0.3, -0.25) is 4.99 Å². The van der Waals surface area contributed by atoms with E-state index in [0.717, 1.165) is 0 Å². The Morgan fingerprint density at radius 3 is 2.16 bits per heavy atom. The zero-order valence-electron chi connectivity index (χ0n) is 12.5. The van der Waals surface area contributed by atoms with Gasteiger partial charge in [0.25, 0.3) is 0 Å². The van der Waals surface area contributed by atoms with E-state index in [-0.39, 0.29) is 17.9 Å². The average Bonchev–Trinajstić information content (AvgIpc) is 2.19. The first-order valence-corrected chi connectivity index (χ1v) is 10.4. The predicted octanol–water partition coefficient (Wildman–Crippen LogP) is 4.37. The molecule has 0 rings (SSSR count). The van der Waals surface area contributed by atoms with Crippen LogP contribution in [-0.2, 0) is 4.43 Å². The second-order valence-electron chi connectivity index (χ2n) is 6.00. The SMILES string of the molecule is CSC[C@@H](CO[Si](C)(C)C(C)(C)C)N=CC(F)(F)F. The highest BCUT2D eigenvalue weighted by Gasteiger charge is 2.37. The summed E-state index contributed by atoms with van der Waals surface area (Å²) in [6.45, 7) is 10.7. The standard InChI is InChI=1S/C12H24F3NOSSi/c1-11(2,3)19(5,6)17-7-10(8-18-4)16-9-12(13,14)15/h9-10H,7-8H2,1-6H3/t10-/m1/s1. The van der Waals surface area contributed by atoms with Crippen LogP contribution in [0, 0.1) is 0 Å². The molecule has 114 valence electrons. The zero-order valence-corrected chi connectivity index (χ0v) is 14.3. The van der Waals surface area contributed by atoms with Crippen molar-refractivity contribution in [3.63, 3.8) is 0 Å².